The average Bonchev–Trinajstić information content (AvgIpc) is 2.52. The summed E-state index contributed by atoms with van der Waals surface area (Å²) >= 11 is 11.4. The van der Waals surface area contributed by atoms with Gasteiger partial charge in [0.1, 0.15) is 0 Å². The van der Waals surface area contributed by atoms with Crippen molar-refractivity contribution in [1.29, 1.82) is 0 Å². The minimum atomic E-state index is -4.56. The van der Waals surface area contributed by atoms with E-state index in [-0.39, 0.29) is 18.4 Å². The first-order chi connectivity index (χ1) is 10.5. The van der Waals surface area contributed by atoms with Crippen LogP contribution in [0.4, 0.5) is 22.0 Å². The van der Waals surface area contributed by atoms with Crippen LogP contribution < -0.4 is 0 Å². The van der Waals surface area contributed by atoms with E-state index in [2.05, 4.69) is 0 Å². The summed E-state index contributed by atoms with van der Waals surface area (Å²) in [5.74, 6) is -4.31. The van der Waals surface area contributed by atoms with Crippen molar-refractivity contribution in [2.24, 2.45) is 5.92 Å². The van der Waals surface area contributed by atoms with Gasteiger partial charge in [0.05, 0.1) is 0 Å². The Hall–Kier alpha value is -0.333. The zero-order valence-corrected chi connectivity index (χ0v) is 15.3. The van der Waals surface area contributed by atoms with Crippen LogP contribution >= 0.6 is 22.2 Å². The number of hydrogen-bond acceptors (Lipinski definition) is 0. The molecule has 1 unspecified atom stereocenters. The van der Waals surface area contributed by atoms with Gasteiger partial charge in [0.2, 0.25) is 6.17 Å². The first-order valence-corrected chi connectivity index (χ1v) is 11.5. The summed E-state index contributed by atoms with van der Waals surface area (Å²) in [5.41, 5.74) is -5.30. The van der Waals surface area contributed by atoms with Gasteiger partial charge in [-0.25, -0.2) is 13.2 Å². The molecule has 0 amide bonds. The Morgan fingerprint density at radius 2 is 1.61 bits per heavy atom. The first kappa shape index (κ1) is 20.7. The monoisotopic (exact) mass is 392 g/mol. The molecule has 2 atom stereocenters. The highest BCUT2D eigenvalue weighted by atomic mass is 35.7. The van der Waals surface area contributed by atoms with Crippen LogP contribution in [0.15, 0.2) is 30.3 Å². The van der Waals surface area contributed by atoms with Crippen LogP contribution in [-0.4, -0.2) is 18.4 Å². The van der Waals surface area contributed by atoms with Crippen LogP contribution in [0.2, 0.25) is 6.04 Å². The fourth-order valence-corrected chi connectivity index (χ4v) is 4.99. The highest BCUT2D eigenvalue weighted by Crippen LogP contribution is 2.49. The van der Waals surface area contributed by atoms with E-state index in [0.717, 1.165) is 12.1 Å². The van der Waals surface area contributed by atoms with Gasteiger partial charge in [-0.05, 0) is 12.0 Å². The predicted octanol–water partition coefficient (Wildman–Crippen LogP) is 6.65. The number of rotatable bonds is 8. The van der Waals surface area contributed by atoms with Crippen LogP contribution in [0.3, 0.4) is 0 Å². The summed E-state index contributed by atoms with van der Waals surface area (Å²) in [5, 5.41) is 0. The molecule has 1 aromatic carbocycles. The van der Waals surface area contributed by atoms with Crippen LogP contribution in [0.25, 0.3) is 0 Å². The van der Waals surface area contributed by atoms with Gasteiger partial charge in [0, 0.05) is 5.56 Å². The molecule has 0 fully saturated rings. The van der Waals surface area contributed by atoms with Crippen molar-refractivity contribution in [3.63, 3.8) is 0 Å². The van der Waals surface area contributed by atoms with Crippen molar-refractivity contribution in [3.05, 3.63) is 35.9 Å². The molecular formula is C15H19Cl2F5Si. The molecule has 0 radical (unpaired) electrons. The van der Waals surface area contributed by atoms with E-state index in [9.17, 15) is 22.0 Å². The van der Waals surface area contributed by atoms with Crippen LogP contribution in [0, 0.1) is 5.92 Å². The number of hydrogen-bond donors (Lipinski definition) is 0. The predicted molar refractivity (Wildman–Crippen MR) is 86.5 cm³/mol. The summed E-state index contributed by atoms with van der Waals surface area (Å²) in [7, 11) is 0. The summed E-state index contributed by atoms with van der Waals surface area (Å²) in [6.45, 7) is -0.895. The number of alkyl halides is 5. The second kappa shape index (κ2) is 7.70. The van der Waals surface area contributed by atoms with Crippen LogP contribution in [-0.2, 0) is 5.92 Å². The van der Waals surface area contributed by atoms with E-state index >= 15 is 0 Å². The Bertz CT molecular complexity index is 496. The third kappa shape index (κ3) is 4.60. The maximum Gasteiger partial charge on any atom is 0.330 e. The molecule has 0 aromatic heterocycles. The highest BCUT2D eigenvalue weighted by molar-refractivity contribution is 7.46. The minimum absolute atomic E-state index is 0.0582. The van der Waals surface area contributed by atoms with Crippen LogP contribution in [0.5, 0.6) is 0 Å². The van der Waals surface area contributed by atoms with E-state index in [0.29, 0.717) is 6.42 Å². The van der Waals surface area contributed by atoms with Crippen LogP contribution in [0.1, 0.15) is 32.3 Å². The van der Waals surface area contributed by atoms with E-state index in [1.165, 1.54) is 18.2 Å². The van der Waals surface area contributed by atoms with E-state index < -0.39 is 29.9 Å². The van der Waals surface area contributed by atoms with Crippen molar-refractivity contribution < 1.29 is 22.0 Å². The number of benzene rings is 1. The van der Waals surface area contributed by atoms with Gasteiger partial charge in [-0.1, -0.05) is 57.0 Å². The lowest BCUT2D eigenvalue weighted by Crippen LogP contribution is -2.56. The van der Waals surface area contributed by atoms with Gasteiger partial charge < -0.3 is 0 Å². The smallest absolute Gasteiger partial charge is 0.234 e. The maximum atomic E-state index is 14.3. The standard InChI is InChI=1S/C15H19Cl2F5Si/c1-3-11(2)9-10-23(16,17)15(21,22)13(18)14(19,20)12-7-5-4-6-8-12/h4-8,11,13H,3,9-10H2,1-2H3/t11?,13-/m0/s1. The van der Waals surface area contributed by atoms with Crippen molar-refractivity contribution in [3.8, 4) is 0 Å². The lowest BCUT2D eigenvalue weighted by molar-refractivity contribution is -0.153. The lowest BCUT2D eigenvalue weighted by Gasteiger charge is -2.34. The summed E-state index contributed by atoms with van der Waals surface area (Å²) in [6.07, 6.45) is -2.81. The molecule has 132 valence electrons. The average molecular weight is 393 g/mol. The molecule has 1 rings (SSSR count). The summed E-state index contributed by atoms with van der Waals surface area (Å²) in [4.78, 5) is 0. The van der Waals surface area contributed by atoms with Gasteiger partial charge in [-0.15, -0.1) is 22.2 Å². The second-order valence-corrected chi connectivity index (χ2v) is 12.8. The molecular weight excluding hydrogens is 374 g/mol. The first-order valence-electron chi connectivity index (χ1n) is 7.29. The molecule has 0 N–H and O–H groups in total. The zero-order valence-electron chi connectivity index (χ0n) is 12.8. The molecule has 0 aliphatic carbocycles. The fraction of sp³-hybridized carbons (Fsp3) is 0.600. The quantitative estimate of drug-likeness (QED) is 0.264. The van der Waals surface area contributed by atoms with Gasteiger partial charge in [-0.3, -0.25) is 0 Å². The molecule has 8 heteroatoms. The Labute approximate surface area is 143 Å². The second-order valence-electron chi connectivity index (χ2n) is 5.73. The molecule has 0 nitrogen and oxygen atoms in total. The minimum Gasteiger partial charge on any atom is -0.234 e. The van der Waals surface area contributed by atoms with Gasteiger partial charge >= 0.3 is 12.6 Å². The number of halogens is 7. The molecule has 0 spiro atoms. The van der Waals surface area contributed by atoms with E-state index in [1.807, 2.05) is 13.8 Å². The largest absolute Gasteiger partial charge is 0.330 e. The SMILES string of the molecule is CCC(C)CC[Si](Cl)(Cl)C(F)(F)[C@@H](F)C(F)(F)c1ccccc1. The fourth-order valence-electron chi connectivity index (χ4n) is 2.02. The van der Waals surface area contributed by atoms with E-state index in [1.54, 1.807) is 0 Å². The Morgan fingerprint density at radius 1 is 1.09 bits per heavy atom. The Morgan fingerprint density at radius 3 is 2.09 bits per heavy atom. The molecule has 23 heavy (non-hydrogen) atoms. The molecule has 1 aromatic rings. The summed E-state index contributed by atoms with van der Waals surface area (Å²) < 4.78 is 70.8. The molecule has 0 saturated heterocycles. The van der Waals surface area contributed by atoms with Crippen molar-refractivity contribution in [1.82, 2.24) is 0 Å². The summed E-state index contributed by atoms with van der Waals surface area (Å²) in [6, 6.07) is 5.33. The Kier molecular flexibility index (Phi) is 6.93. The van der Waals surface area contributed by atoms with Crippen molar-refractivity contribution in [2.45, 2.75) is 50.4 Å². The normalized spacial score (nSPS) is 16.2. The van der Waals surface area contributed by atoms with Crippen molar-refractivity contribution >= 4 is 28.9 Å². The molecule has 0 saturated carbocycles. The third-order valence-electron chi connectivity index (χ3n) is 3.93. The molecule has 0 heterocycles. The maximum absolute atomic E-state index is 14.3. The van der Waals surface area contributed by atoms with E-state index in [4.69, 9.17) is 22.2 Å². The van der Waals surface area contributed by atoms with Gasteiger partial charge in [0.25, 0.3) is 5.55 Å². The van der Waals surface area contributed by atoms with Crippen molar-refractivity contribution in [2.75, 3.05) is 0 Å². The molecule has 0 aliphatic rings. The molecule has 0 bridgehead atoms. The molecule has 0 aliphatic heterocycles. The zero-order chi connectivity index (χ0) is 17.9. The Balaban J connectivity index is 3.00. The van der Waals surface area contributed by atoms with Gasteiger partial charge in [-0.2, -0.15) is 8.78 Å². The van der Waals surface area contributed by atoms with Gasteiger partial charge in [0.15, 0.2) is 0 Å². The topological polar surface area (TPSA) is 0 Å². The third-order valence-corrected chi connectivity index (χ3v) is 8.72. The highest BCUT2D eigenvalue weighted by Gasteiger charge is 2.67. The lowest BCUT2D eigenvalue weighted by atomic mass is 10.0.